The second-order valence-corrected chi connectivity index (χ2v) is 2.65. The second kappa shape index (κ2) is 3.32. The number of aliphatic hydroxyl groups is 1. The molecule has 0 aromatic carbocycles. The van der Waals surface area contributed by atoms with Gasteiger partial charge in [0.15, 0.2) is 6.29 Å². The lowest BCUT2D eigenvalue weighted by molar-refractivity contribution is -0.206. The van der Waals surface area contributed by atoms with Gasteiger partial charge in [0, 0.05) is 13.5 Å². The molecule has 1 rings (SSSR count). The van der Waals surface area contributed by atoms with Gasteiger partial charge in [-0.3, -0.25) is 0 Å². The molecular weight excluding hydrogens is 132 g/mol. The zero-order valence-electron chi connectivity index (χ0n) is 6.41. The quantitative estimate of drug-likeness (QED) is 0.586. The maximum atomic E-state index is 9.21. The van der Waals surface area contributed by atoms with E-state index >= 15 is 0 Å². The predicted molar refractivity (Wildman–Crippen MR) is 36.6 cm³/mol. The summed E-state index contributed by atoms with van der Waals surface area (Å²) in [4.78, 5) is 0. The minimum atomic E-state index is -0.314. The smallest absolute Gasteiger partial charge is 0.157 e. The molecule has 0 amide bonds. The molecule has 3 nitrogen and oxygen atoms in total. The monoisotopic (exact) mass is 146 g/mol. The van der Waals surface area contributed by atoms with E-state index in [9.17, 15) is 5.11 Å². The van der Waals surface area contributed by atoms with Gasteiger partial charge in [-0.25, -0.2) is 0 Å². The maximum Gasteiger partial charge on any atom is 0.157 e. The molecule has 0 saturated carbocycles. The third kappa shape index (κ3) is 1.68. The first kappa shape index (κ1) is 7.98. The van der Waals surface area contributed by atoms with Crippen LogP contribution in [-0.4, -0.2) is 30.7 Å². The van der Waals surface area contributed by atoms with E-state index in [1.54, 1.807) is 7.11 Å². The fourth-order valence-electron chi connectivity index (χ4n) is 1.11. The molecule has 3 heteroatoms. The highest BCUT2D eigenvalue weighted by molar-refractivity contribution is 4.70. The molecule has 0 aliphatic carbocycles. The summed E-state index contributed by atoms with van der Waals surface area (Å²) in [6.45, 7) is 1.86. The van der Waals surface area contributed by atoms with Gasteiger partial charge in [-0.2, -0.15) is 0 Å². The van der Waals surface area contributed by atoms with E-state index in [1.165, 1.54) is 0 Å². The van der Waals surface area contributed by atoms with Gasteiger partial charge in [0.2, 0.25) is 0 Å². The summed E-state index contributed by atoms with van der Waals surface area (Å²) in [6, 6.07) is 0. The van der Waals surface area contributed by atoms with Gasteiger partial charge in [-0.05, 0) is 13.3 Å². The van der Waals surface area contributed by atoms with Crippen molar-refractivity contribution in [1.82, 2.24) is 0 Å². The fraction of sp³-hybridized carbons (Fsp3) is 1.00. The summed E-state index contributed by atoms with van der Waals surface area (Å²) in [6.07, 6.45) is 1.06. The Morgan fingerprint density at radius 1 is 1.50 bits per heavy atom. The van der Waals surface area contributed by atoms with E-state index in [0.717, 1.165) is 12.8 Å². The first-order valence-corrected chi connectivity index (χ1v) is 3.60. The Balaban J connectivity index is 2.33. The summed E-state index contributed by atoms with van der Waals surface area (Å²) in [5, 5.41) is 9.21. The molecule has 1 aliphatic rings. The highest BCUT2D eigenvalue weighted by atomic mass is 16.7. The molecule has 1 saturated heterocycles. The molecular formula is C7H14O3. The normalized spacial score (nSPS) is 41.7. The van der Waals surface area contributed by atoms with E-state index in [4.69, 9.17) is 9.47 Å². The van der Waals surface area contributed by atoms with Gasteiger partial charge in [0.1, 0.15) is 0 Å². The zero-order valence-corrected chi connectivity index (χ0v) is 6.41. The summed E-state index contributed by atoms with van der Waals surface area (Å²) >= 11 is 0. The van der Waals surface area contributed by atoms with E-state index in [0.29, 0.717) is 0 Å². The lowest BCUT2D eigenvalue weighted by Gasteiger charge is -2.30. The molecule has 1 N–H and O–H groups in total. The van der Waals surface area contributed by atoms with Gasteiger partial charge in [-0.1, -0.05) is 0 Å². The average molecular weight is 146 g/mol. The van der Waals surface area contributed by atoms with E-state index in [-0.39, 0.29) is 18.5 Å². The number of methoxy groups -OCH3 is 1. The van der Waals surface area contributed by atoms with Crippen LogP contribution in [0.4, 0.5) is 0 Å². The van der Waals surface area contributed by atoms with Crippen LogP contribution in [-0.2, 0) is 9.47 Å². The van der Waals surface area contributed by atoms with Gasteiger partial charge in [-0.15, -0.1) is 0 Å². The first-order chi connectivity index (χ1) is 4.74. The van der Waals surface area contributed by atoms with Crippen molar-refractivity contribution in [1.29, 1.82) is 0 Å². The highest BCUT2D eigenvalue weighted by Gasteiger charge is 2.25. The Morgan fingerprint density at radius 3 is 2.70 bits per heavy atom. The van der Waals surface area contributed by atoms with Crippen LogP contribution >= 0.6 is 0 Å². The third-order valence-corrected chi connectivity index (χ3v) is 1.87. The minimum absolute atomic E-state index is 0.0845. The zero-order chi connectivity index (χ0) is 7.56. The number of hydrogen-bond donors (Lipinski definition) is 1. The van der Waals surface area contributed by atoms with Crippen LogP contribution in [0.1, 0.15) is 19.8 Å². The lowest BCUT2D eigenvalue weighted by Crippen LogP contribution is -2.37. The summed E-state index contributed by atoms with van der Waals surface area (Å²) in [7, 11) is 1.62. The van der Waals surface area contributed by atoms with Crippen molar-refractivity contribution in [2.45, 2.75) is 38.3 Å². The van der Waals surface area contributed by atoms with Crippen LogP contribution in [0.25, 0.3) is 0 Å². The summed E-state index contributed by atoms with van der Waals surface area (Å²) in [5.74, 6) is 0. The number of hydrogen-bond acceptors (Lipinski definition) is 3. The largest absolute Gasteiger partial charge is 0.390 e. The second-order valence-electron chi connectivity index (χ2n) is 2.65. The number of ether oxygens (including phenoxy) is 2. The molecule has 0 aromatic heterocycles. The van der Waals surface area contributed by atoms with Crippen LogP contribution in [0.2, 0.25) is 0 Å². The van der Waals surface area contributed by atoms with Crippen LogP contribution in [0.15, 0.2) is 0 Å². The highest BCUT2D eigenvalue weighted by Crippen LogP contribution is 2.19. The molecule has 0 aromatic rings. The molecule has 60 valence electrons. The molecule has 1 heterocycles. The van der Waals surface area contributed by atoms with Gasteiger partial charge >= 0.3 is 0 Å². The molecule has 0 radical (unpaired) electrons. The van der Waals surface area contributed by atoms with Crippen LogP contribution in [0, 0.1) is 0 Å². The van der Waals surface area contributed by atoms with Crippen molar-refractivity contribution >= 4 is 0 Å². The van der Waals surface area contributed by atoms with Crippen molar-refractivity contribution < 1.29 is 14.6 Å². The Kier molecular flexibility index (Phi) is 2.65. The Labute approximate surface area is 60.9 Å². The Hall–Kier alpha value is -0.120. The lowest BCUT2D eigenvalue weighted by atomic mass is 10.1. The van der Waals surface area contributed by atoms with E-state index < -0.39 is 0 Å². The molecule has 1 unspecified atom stereocenters. The summed E-state index contributed by atoms with van der Waals surface area (Å²) in [5.41, 5.74) is 0. The summed E-state index contributed by atoms with van der Waals surface area (Å²) < 4.78 is 10.3. The van der Waals surface area contributed by atoms with Crippen molar-refractivity contribution in [2.75, 3.05) is 7.11 Å². The number of rotatable bonds is 1. The SMILES string of the molecule is COC1CC[C@@H](O)[C@H](C)O1. The molecule has 3 atom stereocenters. The van der Waals surface area contributed by atoms with Crippen molar-refractivity contribution in [3.05, 3.63) is 0 Å². The van der Waals surface area contributed by atoms with Crippen LogP contribution < -0.4 is 0 Å². The maximum absolute atomic E-state index is 9.21. The van der Waals surface area contributed by atoms with Crippen molar-refractivity contribution in [2.24, 2.45) is 0 Å². The van der Waals surface area contributed by atoms with Gasteiger partial charge in [0.25, 0.3) is 0 Å². The van der Waals surface area contributed by atoms with Gasteiger partial charge < -0.3 is 14.6 Å². The predicted octanol–water partition coefficient (Wildman–Crippen LogP) is 0.519. The average Bonchev–Trinajstić information content (AvgIpc) is 1.95. The van der Waals surface area contributed by atoms with E-state index in [2.05, 4.69) is 0 Å². The molecule has 1 fully saturated rings. The van der Waals surface area contributed by atoms with Crippen LogP contribution in [0.5, 0.6) is 0 Å². The first-order valence-electron chi connectivity index (χ1n) is 3.60. The minimum Gasteiger partial charge on any atom is -0.390 e. The Bertz CT molecular complexity index is 105. The molecule has 1 aliphatic heterocycles. The standard InChI is InChI=1S/C7H14O3/c1-5-6(8)3-4-7(9-2)10-5/h5-8H,3-4H2,1-2H3/t5-,6+,7?/m0/s1. The molecule has 0 spiro atoms. The van der Waals surface area contributed by atoms with Gasteiger partial charge in [0.05, 0.1) is 12.2 Å². The fourth-order valence-corrected chi connectivity index (χ4v) is 1.11. The van der Waals surface area contributed by atoms with Crippen LogP contribution in [0.3, 0.4) is 0 Å². The third-order valence-electron chi connectivity index (χ3n) is 1.87. The Morgan fingerprint density at radius 2 is 2.20 bits per heavy atom. The molecule has 0 bridgehead atoms. The molecule has 10 heavy (non-hydrogen) atoms. The number of aliphatic hydroxyl groups excluding tert-OH is 1. The van der Waals surface area contributed by atoms with E-state index in [1.807, 2.05) is 6.92 Å². The van der Waals surface area contributed by atoms with Crippen molar-refractivity contribution in [3.8, 4) is 0 Å². The topological polar surface area (TPSA) is 38.7 Å². The van der Waals surface area contributed by atoms with Crippen molar-refractivity contribution in [3.63, 3.8) is 0 Å².